The number of esters is 1. The maximum atomic E-state index is 11.8. The number of pyridine rings is 1. The Morgan fingerprint density at radius 1 is 1.22 bits per heavy atom. The van der Waals surface area contributed by atoms with Crippen LogP contribution in [0.5, 0.6) is 0 Å². The van der Waals surface area contributed by atoms with E-state index in [0.29, 0.717) is 16.9 Å². The van der Waals surface area contributed by atoms with Crippen molar-refractivity contribution in [3.8, 4) is 11.3 Å². The molecule has 3 aromatic heterocycles. The summed E-state index contributed by atoms with van der Waals surface area (Å²) in [6, 6.07) is 3.69. The van der Waals surface area contributed by atoms with E-state index in [9.17, 15) is 4.79 Å². The highest BCUT2D eigenvalue weighted by atomic mass is 16.6. The Kier molecular flexibility index (Phi) is 3.77. The smallest absolute Gasteiger partial charge is 0.373 e. The van der Waals surface area contributed by atoms with E-state index in [1.165, 1.54) is 0 Å². The zero-order valence-corrected chi connectivity index (χ0v) is 13.2. The molecule has 0 aromatic carbocycles. The second kappa shape index (κ2) is 5.75. The number of carbonyl (C=O) groups excluding carboxylic acids is 1. The fourth-order valence-corrected chi connectivity index (χ4v) is 2.12. The molecule has 0 radical (unpaired) electrons. The summed E-state index contributed by atoms with van der Waals surface area (Å²) < 4.78 is 12.2. The van der Waals surface area contributed by atoms with Crippen LogP contribution >= 0.6 is 0 Å². The third-order valence-electron chi connectivity index (χ3n) is 3.01. The van der Waals surface area contributed by atoms with Gasteiger partial charge in [0.2, 0.25) is 6.54 Å². The zero-order valence-electron chi connectivity index (χ0n) is 13.2. The highest BCUT2D eigenvalue weighted by molar-refractivity contribution is 5.85. The third-order valence-corrected chi connectivity index (χ3v) is 3.01. The van der Waals surface area contributed by atoms with Crippen molar-refractivity contribution >= 4 is 17.2 Å². The molecule has 0 bridgehead atoms. The van der Waals surface area contributed by atoms with E-state index in [1.807, 2.05) is 32.9 Å². The van der Waals surface area contributed by atoms with Crippen molar-refractivity contribution < 1.29 is 18.6 Å². The van der Waals surface area contributed by atoms with E-state index in [-0.39, 0.29) is 12.5 Å². The minimum Gasteiger partial charge on any atom is -0.455 e. The number of hydrogen-bond acceptors (Lipinski definition) is 6. The van der Waals surface area contributed by atoms with Crippen molar-refractivity contribution in [2.45, 2.75) is 32.9 Å². The normalized spacial score (nSPS) is 11.6. The van der Waals surface area contributed by atoms with Crippen molar-refractivity contribution in [1.29, 1.82) is 0 Å². The van der Waals surface area contributed by atoms with Gasteiger partial charge in [0, 0.05) is 30.1 Å². The molecule has 3 rings (SSSR count). The average molecular weight is 313 g/mol. The monoisotopic (exact) mass is 313 g/mol. The van der Waals surface area contributed by atoms with E-state index < -0.39 is 5.60 Å². The molecule has 7 nitrogen and oxygen atoms in total. The predicted molar refractivity (Wildman–Crippen MR) is 81.1 cm³/mol. The zero-order chi connectivity index (χ0) is 16.4. The molecule has 0 aliphatic heterocycles. The van der Waals surface area contributed by atoms with Crippen LogP contribution in [-0.2, 0) is 16.1 Å². The molecule has 0 saturated heterocycles. The topological polar surface area (TPSA) is 82.0 Å². The summed E-state index contributed by atoms with van der Waals surface area (Å²) >= 11 is 0. The SMILES string of the molecule is CC(C)(C)OC(=O)C[n+]1ccc(-c2noc3nccnc23)cc1. The van der Waals surface area contributed by atoms with Crippen LogP contribution in [-0.4, -0.2) is 26.7 Å². The van der Waals surface area contributed by atoms with Gasteiger partial charge in [0.1, 0.15) is 11.3 Å². The Labute approximate surface area is 132 Å². The second-order valence-corrected chi connectivity index (χ2v) is 6.09. The van der Waals surface area contributed by atoms with Gasteiger partial charge in [-0.05, 0) is 20.8 Å². The first-order valence-corrected chi connectivity index (χ1v) is 7.20. The lowest BCUT2D eigenvalue weighted by Crippen LogP contribution is -2.40. The maximum absolute atomic E-state index is 11.8. The number of nitrogens with zero attached hydrogens (tertiary/aromatic N) is 4. The van der Waals surface area contributed by atoms with Crippen LogP contribution in [0.2, 0.25) is 0 Å². The van der Waals surface area contributed by atoms with Gasteiger partial charge in [-0.25, -0.2) is 14.8 Å². The first kappa shape index (κ1) is 15.1. The quantitative estimate of drug-likeness (QED) is 0.543. The van der Waals surface area contributed by atoms with E-state index in [1.54, 1.807) is 29.4 Å². The van der Waals surface area contributed by atoms with Gasteiger partial charge in [0.05, 0.1) is 0 Å². The lowest BCUT2D eigenvalue weighted by atomic mass is 10.2. The number of rotatable bonds is 3. The van der Waals surface area contributed by atoms with Gasteiger partial charge >= 0.3 is 5.97 Å². The minimum atomic E-state index is -0.490. The average Bonchev–Trinajstić information content (AvgIpc) is 2.90. The fourth-order valence-electron chi connectivity index (χ4n) is 2.12. The van der Waals surface area contributed by atoms with E-state index in [0.717, 1.165) is 5.56 Å². The highest BCUT2D eigenvalue weighted by Crippen LogP contribution is 2.23. The molecule has 3 heterocycles. The van der Waals surface area contributed by atoms with Gasteiger partial charge in [0.25, 0.3) is 5.71 Å². The largest absolute Gasteiger partial charge is 0.455 e. The van der Waals surface area contributed by atoms with Crippen molar-refractivity contribution in [2.75, 3.05) is 0 Å². The Bertz CT molecular complexity index is 834. The van der Waals surface area contributed by atoms with Gasteiger partial charge in [-0.3, -0.25) is 0 Å². The molecule has 0 spiro atoms. The fraction of sp³-hybridized carbons (Fsp3) is 0.312. The minimum absolute atomic E-state index is 0.150. The van der Waals surface area contributed by atoms with Crippen LogP contribution in [0.25, 0.3) is 22.5 Å². The lowest BCUT2D eigenvalue weighted by Gasteiger charge is -2.18. The van der Waals surface area contributed by atoms with E-state index >= 15 is 0 Å². The number of aromatic nitrogens is 4. The Morgan fingerprint density at radius 2 is 1.91 bits per heavy atom. The van der Waals surface area contributed by atoms with Crippen molar-refractivity contribution in [2.24, 2.45) is 0 Å². The summed E-state index contributed by atoms with van der Waals surface area (Å²) in [5, 5.41) is 4.00. The summed E-state index contributed by atoms with van der Waals surface area (Å²) in [5.74, 6) is -0.284. The summed E-state index contributed by atoms with van der Waals surface area (Å²) in [7, 11) is 0. The molecule has 0 saturated carbocycles. The molecular formula is C16H17N4O3+. The summed E-state index contributed by atoms with van der Waals surface area (Å²) in [6.07, 6.45) is 6.72. The Morgan fingerprint density at radius 3 is 2.61 bits per heavy atom. The summed E-state index contributed by atoms with van der Waals surface area (Å²) in [6.45, 7) is 5.68. The number of ether oxygens (including phenoxy) is 1. The molecule has 0 N–H and O–H groups in total. The van der Waals surface area contributed by atoms with Gasteiger partial charge in [-0.1, -0.05) is 5.16 Å². The van der Waals surface area contributed by atoms with Crippen molar-refractivity contribution in [1.82, 2.24) is 15.1 Å². The lowest BCUT2D eigenvalue weighted by molar-refractivity contribution is -0.686. The van der Waals surface area contributed by atoms with Crippen LogP contribution in [0, 0.1) is 0 Å². The molecule has 7 heteroatoms. The van der Waals surface area contributed by atoms with Gasteiger partial charge < -0.3 is 9.26 Å². The maximum Gasteiger partial charge on any atom is 0.373 e. The van der Waals surface area contributed by atoms with Crippen molar-refractivity contribution in [3.05, 3.63) is 36.9 Å². The van der Waals surface area contributed by atoms with Gasteiger partial charge in [0.15, 0.2) is 17.9 Å². The van der Waals surface area contributed by atoms with Crippen molar-refractivity contribution in [3.63, 3.8) is 0 Å². The molecular weight excluding hydrogens is 296 g/mol. The van der Waals surface area contributed by atoms with Gasteiger partial charge in [-0.15, -0.1) is 0 Å². The third kappa shape index (κ3) is 3.50. The van der Waals surface area contributed by atoms with E-state index in [2.05, 4.69) is 15.1 Å². The number of fused-ring (bicyclic) bond motifs is 1. The molecule has 0 unspecified atom stereocenters. The molecule has 0 atom stereocenters. The van der Waals surface area contributed by atoms with Crippen LogP contribution in [0.3, 0.4) is 0 Å². The first-order chi connectivity index (χ1) is 10.9. The molecule has 23 heavy (non-hydrogen) atoms. The van der Waals surface area contributed by atoms with Crippen LogP contribution in [0.15, 0.2) is 41.4 Å². The highest BCUT2D eigenvalue weighted by Gasteiger charge is 2.20. The number of carbonyl (C=O) groups is 1. The molecule has 0 aliphatic rings. The Hall–Kier alpha value is -2.83. The van der Waals surface area contributed by atoms with Crippen LogP contribution in [0.4, 0.5) is 0 Å². The second-order valence-electron chi connectivity index (χ2n) is 6.09. The van der Waals surface area contributed by atoms with E-state index in [4.69, 9.17) is 9.26 Å². The van der Waals surface area contributed by atoms with Gasteiger partial charge in [-0.2, -0.15) is 4.57 Å². The molecule has 0 fully saturated rings. The molecule has 0 aliphatic carbocycles. The standard InChI is InChI=1S/C16H17N4O3/c1-16(2,3)22-12(21)10-20-8-4-11(5-9-20)13-14-15(23-19-13)18-7-6-17-14/h4-9H,10H2,1-3H3/q+1. The number of hydrogen-bond donors (Lipinski definition) is 0. The summed E-state index contributed by atoms with van der Waals surface area (Å²) in [4.78, 5) is 20.1. The predicted octanol–water partition coefficient (Wildman–Crippen LogP) is 1.91. The first-order valence-electron chi connectivity index (χ1n) is 7.20. The van der Waals surface area contributed by atoms with Crippen LogP contribution in [0.1, 0.15) is 20.8 Å². The van der Waals surface area contributed by atoms with Crippen LogP contribution < -0.4 is 4.57 Å². The Balaban J connectivity index is 1.78. The molecule has 0 amide bonds. The molecule has 118 valence electrons. The summed E-state index contributed by atoms with van der Waals surface area (Å²) in [5.41, 5.74) is 1.98. The molecule has 3 aromatic rings.